The number of carbonyl (C=O) groups excluding carboxylic acids is 1. The second-order valence-electron chi connectivity index (χ2n) is 7.48. The third kappa shape index (κ3) is 2.93. The molecule has 0 bridgehead atoms. The van der Waals surface area contributed by atoms with Crippen LogP contribution in [0.4, 0.5) is 0 Å². The van der Waals surface area contributed by atoms with Crippen molar-refractivity contribution >= 4 is 17.5 Å². The number of halogens is 1. The molecule has 1 aliphatic carbocycles. The molecule has 2 aromatic carbocycles. The van der Waals surface area contributed by atoms with Crippen molar-refractivity contribution in [2.45, 2.75) is 43.7 Å². The number of carbonyl (C=O) groups is 1. The SMILES string of the molecule is O=C(c1ccccc1Cl)N1CCC(O)(c2ccccc2)[C@H]2CCCC[C@@H]21. The standard InChI is InChI=1S/C22H24ClNO2/c23-19-12-6-4-10-17(19)21(25)24-15-14-22(26,16-8-2-1-3-9-16)18-11-5-7-13-20(18)24/h1-4,6,8-10,12,18,20,26H,5,7,11,13-15H2/t18-,20-,22?/m0/s1. The molecule has 136 valence electrons. The van der Waals surface area contributed by atoms with Crippen LogP contribution in [-0.4, -0.2) is 28.5 Å². The molecule has 2 aliphatic rings. The predicted molar refractivity (Wildman–Crippen MR) is 103 cm³/mol. The van der Waals surface area contributed by atoms with E-state index in [0.717, 1.165) is 31.2 Å². The van der Waals surface area contributed by atoms with Crippen molar-refractivity contribution in [3.8, 4) is 0 Å². The summed E-state index contributed by atoms with van der Waals surface area (Å²) in [7, 11) is 0. The molecule has 1 heterocycles. The first kappa shape index (κ1) is 17.6. The number of benzene rings is 2. The molecular formula is C22H24ClNO2. The number of hydrogen-bond acceptors (Lipinski definition) is 2. The first-order chi connectivity index (χ1) is 12.6. The Morgan fingerprint density at radius 3 is 2.50 bits per heavy atom. The van der Waals surface area contributed by atoms with Gasteiger partial charge in [-0.2, -0.15) is 0 Å². The number of nitrogens with zero attached hydrogens (tertiary/aromatic N) is 1. The summed E-state index contributed by atoms with van der Waals surface area (Å²) in [5, 5.41) is 12.1. The van der Waals surface area contributed by atoms with Gasteiger partial charge in [0.1, 0.15) is 0 Å². The van der Waals surface area contributed by atoms with E-state index in [4.69, 9.17) is 11.6 Å². The van der Waals surface area contributed by atoms with Gasteiger partial charge in [-0.3, -0.25) is 4.79 Å². The highest BCUT2D eigenvalue weighted by molar-refractivity contribution is 6.33. The first-order valence-corrected chi connectivity index (χ1v) is 9.82. The van der Waals surface area contributed by atoms with Crippen LogP contribution in [0.5, 0.6) is 0 Å². The van der Waals surface area contributed by atoms with Crippen LogP contribution in [-0.2, 0) is 5.60 Å². The molecule has 3 nitrogen and oxygen atoms in total. The van der Waals surface area contributed by atoms with Crippen molar-refractivity contribution in [1.29, 1.82) is 0 Å². The molecule has 1 amide bonds. The maximum Gasteiger partial charge on any atom is 0.255 e. The number of rotatable bonds is 2. The molecule has 1 saturated heterocycles. The lowest BCUT2D eigenvalue weighted by atomic mass is 9.66. The fourth-order valence-corrected chi connectivity index (χ4v) is 5.03. The quantitative estimate of drug-likeness (QED) is 0.838. The van der Waals surface area contributed by atoms with E-state index in [0.29, 0.717) is 23.6 Å². The summed E-state index contributed by atoms with van der Waals surface area (Å²) < 4.78 is 0. The van der Waals surface area contributed by atoms with Gasteiger partial charge < -0.3 is 10.0 Å². The van der Waals surface area contributed by atoms with Crippen LogP contribution in [0.1, 0.15) is 48.0 Å². The summed E-state index contributed by atoms with van der Waals surface area (Å²) >= 11 is 6.27. The molecule has 4 rings (SSSR count). The van der Waals surface area contributed by atoms with E-state index in [-0.39, 0.29) is 17.9 Å². The van der Waals surface area contributed by atoms with Crippen molar-refractivity contribution in [3.63, 3.8) is 0 Å². The Morgan fingerprint density at radius 2 is 1.73 bits per heavy atom. The minimum Gasteiger partial charge on any atom is -0.385 e. The van der Waals surface area contributed by atoms with Gasteiger partial charge in [0, 0.05) is 18.5 Å². The highest BCUT2D eigenvalue weighted by Crippen LogP contribution is 2.47. The average Bonchev–Trinajstić information content (AvgIpc) is 2.69. The fourth-order valence-electron chi connectivity index (χ4n) is 4.81. The van der Waals surface area contributed by atoms with E-state index in [2.05, 4.69) is 0 Å². The van der Waals surface area contributed by atoms with Crippen molar-refractivity contribution in [2.24, 2.45) is 5.92 Å². The van der Waals surface area contributed by atoms with E-state index in [9.17, 15) is 9.90 Å². The zero-order valence-electron chi connectivity index (χ0n) is 14.8. The molecule has 2 aromatic rings. The largest absolute Gasteiger partial charge is 0.385 e. The van der Waals surface area contributed by atoms with Crippen LogP contribution in [0.25, 0.3) is 0 Å². The summed E-state index contributed by atoms with van der Waals surface area (Å²) in [6.45, 7) is 0.552. The van der Waals surface area contributed by atoms with E-state index in [1.54, 1.807) is 12.1 Å². The molecule has 1 saturated carbocycles. The zero-order chi connectivity index (χ0) is 18.1. The van der Waals surface area contributed by atoms with E-state index in [1.165, 1.54) is 0 Å². The summed E-state index contributed by atoms with van der Waals surface area (Å²) in [4.78, 5) is 15.1. The molecular weight excluding hydrogens is 346 g/mol. The molecule has 0 aromatic heterocycles. The van der Waals surface area contributed by atoms with Crippen molar-refractivity contribution in [2.75, 3.05) is 6.54 Å². The molecule has 1 N–H and O–H groups in total. The van der Waals surface area contributed by atoms with Crippen LogP contribution >= 0.6 is 11.6 Å². The summed E-state index contributed by atoms with van der Waals surface area (Å²) in [5.41, 5.74) is 0.675. The second kappa shape index (κ2) is 7.05. The van der Waals surface area contributed by atoms with Gasteiger partial charge in [-0.05, 0) is 37.0 Å². The van der Waals surface area contributed by atoms with Crippen molar-refractivity contribution < 1.29 is 9.90 Å². The van der Waals surface area contributed by atoms with Gasteiger partial charge in [0.2, 0.25) is 0 Å². The smallest absolute Gasteiger partial charge is 0.255 e. The lowest BCUT2D eigenvalue weighted by Crippen LogP contribution is -2.59. The Bertz CT molecular complexity index is 794. The van der Waals surface area contributed by atoms with E-state index >= 15 is 0 Å². The average molecular weight is 370 g/mol. The summed E-state index contributed by atoms with van der Waals surface area (Å²) in [5.74, 6) is 0.0569. The van der Waals surface area contributed by atoms with Gasteiger partial charge in [-0.25, -0.2) is 0 Å². The van der Waals surface area contributed by atoms with Crippen molar-refractivity contribution in [3.05, 3.63) is 70.7 Å². The predicted octanol–water partition coefficient (Wildman–Crippen LogP) is 4.63. The summed E-state index contributed by atoms with van der Waals surface area (Å²) in [6, 6.07) is 17.3. The molecule has 0 spiro atoms. The number of piperidine rings is 1. The van der Waals surface area contributed by atoms with Gasteiger partial charge >= 0.3 is 0 Å². The van der Waals surface area contributed by atoms with Crippen LogP contribution in [0.2, 0.25) is 5.02 Å². The Morgan fingerprint density at radius 1 is 1.04 bits per heavy atom. The van der Waals surface area contributed by atoms with Gasteiger partial charge in [-0.1, -0.05) is 66.9 Å². The van der Waals surface area contributed by atoms with Crippen LogP contribution < -0.4 is 0 Å². The molecule has 4 heteroatoms. The molecule has 1 unspecified atom stereocenters. The second-order valence-corrected chi connectivity index (χ2v) is 7.88. The maximum absolute atomic E-state index is 13.2. The Balaban J connectivity index is 1.67. The minimum atomic E-state index is -0.858. The lowest BCUT2D eigenvalue weighted by Gasteiger charge is -2.52. The van der Waals surface area contributed by atoms with Gasteiger partial charge in [0.05, 0.1) is 16.2 Å². The van der Waals surface area contributed by atoms with Crippen LogP contribution in [0.3, 0.4) is 0 Å². The molecule has 1 aliphatic heterocycles. The molecule has 3 atom stereocenters. The topological polar surface area (TPSA) is 40.5 Å². The highest BCUT2D eigenvalue weighted by atomic mass is 35.5. The highest BCUT2D eigenvalue weighted by Gasteiger charge is 2.50. The van der Waals surface area contributed by atoms with Crippen LogP contribution in [0.15, 0.2) is 54.6 Å². The van der Waals surface area contributed by atoms with Gasteiger partial charge in [0.15, 0.2) is 0 Å². The summed E-state index contributed by atoms with van der Waals surface area (Å²) in [6.07, 6.45) is 4.65. The zero-order valence-corrected chi connectivity index (χ0v) is 15.5. The molecule has 0 radical (unpaired) electrons. The van der Waals surface area contributed by atoms with Gasteiger partial charge in [-0.15, -0.1) is 0 Å². The molecule has 26 heavy (non-hydrogen) atoms. The number of aliphatic hydroxyl groups is 1. The number of hydrogen-bond donors (Lipinski definition) is 1. The third-order valence-electron chi connectivity index (χ3n) is 6.12. The first-order valence-electron chi connectivity index (χ1n) is 9.44. The third-order valence-corrected chi connectivity index (χ3v) is 6.45. The normalized spacial score (nSPS) is 28.5. The minimum absolute atomic E-state index is 0.0115. The van der Waals surface area contributed by atoms with E-state index < -0.39 is 5.60 Å². The Kier molecular flexibility index (Phi) is 4.76. The Labute approximate surface area is 159 Å². The number of likely N-dealkylation sites (tertiary alicyclic amines) is 1. The van der Waals surface area contributed by atoms with E-state index in [1.807, 2.05) is 47.4 Å². The molecule has 2 fully saturated rings. The lowest BCUT2D eigenvalue weighted by molar-refractivity contribution is -0.110. The number of amides is 1. The fraction of sp³-hybridized carbons (Fsp3) is 0.409. The van der Waals surface area contributed by atoms with Crippen molar-refractivity contribution in [1.82, 2.24) is 4.90 Å². The maximum atomic E-state index is 13.2. The Hall–Kier alpha value is -1.84. The van der Waals surface area contributed by atoms with Gasteiger partial charge in [0.25, 0.3) is 5.91 Å². The monoisotopic (exact) mass is 369 g/mol. The number of fused-ring (bicyclic) bond motifs is 1. The van der Waals surface area contributed by atoms with Crippen LogP contribution in [0, 0.1) is 5.92 Å².